The zero-order valence-corrected chi connectivity index (χ0v) is 15.6. The van der Waals surface area contributed by atoms with Crippen LogP contribution in [0.3, 0.4) is 0 Å². The van der Waals surface area contributed by atoms with Gasteiger partial charge in [0.05, 0.1) is 0 Å². The molecule has 1 saturated heterocycles. The zero-order valence-electron chi connectivity index (χ0n) is 14.8. The molecule has 3 rings (SSSR count). The van der Waals surface area contributed by atoms with Gasteiger partial charge in [-0.25, -0.2) is 0 Å². The van der Waals surface area contributed by atoms with Gasteiger partial charge in [0.2, 0.25) is 0 Å². The Balaban J connectivity index is 1.76. The van der Waals surface area contributed by atoms with E-state index in [0.717, 1.165) is 12.2 Å². The second-order valence-electron chi connectivity index (χ2n) is 6.72. The summed E-state index contributed by atoms with van der Waals surface area (Å²) in [6.07, 6.45) is 1.04. The summed E-state index contributed by atoms with van der Waals surface area (Å²) >= 11 is 2.02. The molecule has 4 heteroatoms. The summed E-state index contributed by atoms with van der Waals surface area (Å²) in [4.78, 5) is 2.46. The maximum atomic E-state index is 9.63. The van der Waals surface area contributed by atoms with Gasteiger partial charge >= 0.3 is 0 Å². The minimum absolute atomic E-state index is 0.313. The Morgan fingerprint density at radius 3 is 1.88 bits per heavy atom. The Morgan fingerprint density at radius 2 is 1.40 bits per heavy atom. The van der Waals surface area contributed by atoms with E-state index in [1.807, 2.05) is 36.0 Å². The number of hydrogen-bond donors (Lipinski definition) is 2. The van der Waals surface area contributed by atoms with Gasteiger partial charge in [-0.15, -0.1) is 0 Å². The number of aromatic hydroxyl groups is 2. The predicted octanol–water partition coefficient (Wildman–Crippen LogP) is 4.42. The van der Waals surface area contributed by atoms with Crippen molar-refractivity contribution in [1.82, 2.24) is 4.90 Å². The number of nitrogens with zero attached hydrogens (tertiary/aromatic N) is 1. The largest absolute Gasteiger partial charge is 0.508 e. The standard InChI is InChI=1S/C21H27NO2S/c1-2-20(16-3-7-18(23)8-4-16)21(15-25-14-13-22-11-12-22)17-5-9-19(24)10-6-17/h3-10,20-21,23-24H,2,11-15H2,1H3/t20-,21+/m1/s1. The van der Waals surface area contributed by atoms with Crippen molar-refractivity contribution in [2.75, 3.05) is 31.1 Å². The number of benzene rings is 2. The number of thioether (sulfide) groups is 1. The van der Waals surface area contributed by atoms with Crippen LogP contribution in [0.5, 0.6) is 11.5 Å². The third kappa shape index (κ3) is 5.16. The lowest BCUT2D eigenvalue weighted by Gasteiger charge is -2.27. The van der Waals surface area contributed by atoms with Crippen molar-refractivity contribution in [3.63, 3.8) is 0 Å². The average molecular weight is 358 g/mol. The van der Waals surface area contributed by atoms with Crippen molar-refractivity contribution in [1.29, 1.82) is 0 Å². The molecule has 1 aliphatic rings. The van der Waals surface area contributed by atoms with Crippen LogP contribution in [0, 0.1) is 0 Å². The van der Waals surface area contributed by atoms with Gasteiger partial charge in [0.25, 0.3) is 0 Å². The van der Waals surface area contributed by atoms with E-state index < -0.39 is 0 Å². The third-order valence-electron chi connectivity index (χ3n) is 4.96. The summed E-state index contributed by atoms with van der Waals surface area (Å²) in [5, 5.41) is 19.2. The monoisotopic (exact) mass is 357 g/mol. The average Bonchev–Trinajstić information content (AvgIpc) is 3.44. The normalized spacial score (nSPS) is 16.5. The topological polar surface area (TPSA) is 43.5 Å². The van der Waals surface area contributed by atoms with E-state index in [2.05, 4.69) is 11.8 Å². The zero-order chi connectivity index (χ0) is 17.6. The minimum Gasteiger partial charge on any atom is -0.508 e. The van der Waals surface area contributed by atoms with Gasteiger partial charge in [-0.3, -0.25) is 4.90 Å². The maximum absolute atomic E-state index is 9.63. The second kappa shape index (κ2) is 8.63. The Morgan fingerprint density at radius 1 is 0.880 bits per heavy atom. The fourth-order valence-corrected chi connectivity index (χ4v) is 4.57. The maximum Gasteiger partial charge on any atom is 0.115 e. The molecule has 1 heterocycles. The van der Waals surface area contributed by atoms with Gasteiger partial charge in [-0.2, -0.15) is 11.8 Å². The first-order chi connectivity index (χ1) is 12.2. The lowest BCUT2D eigenvalue weighted by molar-refractivity contribution is 0.472. The summed E-state index contributed by atoms with van der Waals surface area (Å²) in [5.41, 5.74) is 2.54. The van der Waals surface area contributed by atoms with Crippen molar-refractivity contribution in [3.05, 3.63) is 59.7 Å². The number of hydrogen-bond acceptors (Lipinski definition) is 4. The molecular formula is C21H27NO2S. The minimum atomic E-state index is 0.313. The molecule has 1 fully saturated rings. The van der Waals surface area contributed by atoms with Crippen molar-refractivity contribution in [2.24, 2.45) is 0 Å². The van der Waals surface area contributed by atoms with Gasteiger partial charge in [0.15, 0.2) is 0 Å². The first kappa shape index (κ1) is 18.2. The van der Waals surface area contributed by atoms with Crippen LogP contribution in [-0.2, 0) is 0 Å². The van der Waals surface area contributed by atoms with E-state index in [1.165, 1.54) is 36.5 Å². The number of phenolic OH excluding ortho intramolecular Hbond substituents is 2. The van der Waals surface area contributed by atoms with E-state index in [4.69, 9.17) is 0 Å². The van der Waals surface area contributed by atoms with Crippen LogP contribution in [-0.4, -0.2) is 46.3 Å². The molecule has 2 aromatic carbocycles. The van der Waals surface area contributed by atoms with Crippen molar-refractivity contribution in [3.8, 4) is 11.5 Å². The fourth-order valence-electron chi connectivity index (χ4n) is 3.34. The summed E-state index contributed by atoms with van der Waals surface area (Å²) in [5.74, 6) is 3.66. The van der Waals surface area contributed by atoms with Gasteiger partial charge in [-0.1, -0.05) is 31.2 Å². The highest BCUT2D eigenvalue weighted by molar-refractivity contribution is 7.99. The van der Waals surface area contributed by atoms with Gasteiger partial charge in [-0.05, 0) is 53.6 Å². The Kier molecular flexibility index (Phi) is 6.27. The second-order valence-corrected chi connectivity index (χ2v) is 7.87. The molecule has 0 radical (unpaired) electrons. The van der Waals surface area contributed by atoms with Crippen LogP contribution in [0.1, 0.15) is 36.3 Å². The van der Waals surface area contributed by atoms with E-state index in [1.54, 1.807) is 24.3 Å². The highest BCUT2D eigenvalue weighted by Crippen LogP contribution is 2.38. The van der Waals surface area contributed by atoms with Gasteiger partial charge in [0.1, 0.15) is 11.5 Å². The summed E-state index contributed by atoms with van der Waals surface area (Å²) in [7, 11) is 0. The number of rotatable bonds is 9. The first-order valence-electron chi connectivity index (χ1n) is 9.05. The molecule has 0 saturated carbocycles. The van der Waals surface area contributed by atoms with Crippen LogP contribution in [0.25, 0.3) is 0 Å². The molecule has 0 spiro atoms. The van der Waals surface area contributed by atoms with Gasteiger partial charge in [0, 0.05) is 31.1 Å². The lowest BCUT2D eigenvalue weighted by atomic mass is 9.81. The predicted molar refractivity (Wildman–Crippen MR) is 106 cm³/mol. The molecule has 2 N–H and O–H groups in total. The van der Waals surface area contributed by atoms with Crippen molar-refractivity contribution in [2.45, 2.75) is 25.2 Å². The molecule has 3 nitrogen and oxygen atoms in total. The van der Waals surface area contributed by atoms with E-state index in [0.29, 0.717) is 23.3 Å². The molecule has 0 bridgehead atoms. The molecular weight excluding hydrogens is 330 g/mol. The highest BCUT2D eigenvalue weighted by Gasteiger charge is 2.24. The summed E-state index contributed by atoms with van der Waals surface area (Å²) < 4.78 is 0. The highest BCUT2D eigenvalue weighted by atomic mass is 32.2. The molecule has 0 amide bonds. The molecule has 2 atom stereocenters. The quantitative estimate of drug-likeness (QED) is 0.515. The molecule has 25 heavy (non-hydrogen) atoms. The number of phenols is 2. The van der Waals surface area contributed by atoms with Gasteiger partial charge < -0.3 is 10.2 Å². The smallest absolute Gasteiger partial charge is 0.115 e. The van der Waals surface area contributed by atoms with E-state index in [9.17, 15) is 10.2 Å². The molecule has 1 aliphatic heterocycles. The Labute approximate surface area is 154 Å². The van der Waals surface area contributed by atoms with Crippen molar-refractivity contribution < 1.29 is 10.2 Å². The van der Waals surface area contributed by atoms with Crippen LogP contribution in [0.2, 0.25) is 0 Å². The summed E-state index contributed by atoms with van der Waals surface area (Å²) in [6.45, 7) is 5.93. The van der Waals surface area contributed by atoms with Crippen molar-refractivity contribution >= 4 is 11.8 Å². The van der Waals surface area contributed by atoms with Crippen LogP contribution in [0.15, 0.2) is 48.5 Å². The first-order valence-corrected chi connectivity index (χ1v) is 10.2. The fraction of sp³-hybridized carbons (Fsp3) is 0.429. The SMILES string of the molecule is CC[C@H](c1ccc(O)cc1)[C@@H](CSCCN1CC1)c1ccc(O)cc1. The Hall–Kier alpha value is -1.65. The Bertz CT molecular complexity index is 653. The third-order valence-corrected chi connectivity index (χ3v) is 6.02. The van der Waals surface area contributed by atoms with Crippen LogP contribution in [0.4, 0.5) is 0 Å². The van der Waals surface area contributed by atoms with Crippen LogP contribution < -0.4 is 0 Å². The molecule has 0 aliphatic carbocycles. The molecule has 134 valence electrons. The van der Waals surface area contributed by atoms with E-state index >= 15 is 0 Å². The molecule has 0 aromatic heterocycles. The lowest BCUT2D eigenvalue weighted by Crippen LogP contribution is -2.14. The molecule has 2 aromatic rings. The van der Waals surface area contributed by atoms with E-state index in [-0.39, 0.29) is 0 Å². The molecule has 0 unspecified atom stereocenters. The van der Waals surface area contributed by atoms with Crippen LogP contribution >= 0.6 is 11.8 Å². The summed E-state index contributed by atoms with van der Waals surface area (Å²) in [6, 6.07) is 15.3.